The van der Waals surface area contributed by atoms with E-state index in [9.17, 15) is 0 Å². The van der Waals surface area contributed by atoms with E-state index in [0.29, 0.717) is 6.04 Å². The molecule has 1 heterocycles. The molecule has 0 aromatic carbocycles. The molecule has 0 spiro atoms. The van der Waals surface area contributed by atoms with Gasteiger partial charge in [-0.25, -0.2) is 4.68 Å². The van der Waals surface area contributed by atoms with Crippen molar-refractivity contribution in [3.63, 3.8) is 0 Å². The summed E-state index contributed by atoms with van der Waals surface area (Å²) in [7, 11) is 0. The van der Waals surface area contributed by atoms with Crippen LogP contribution in [0.1, 0.15) is 110 Å². The third-order valence-corrected chi connectivity index (χ3v) is 4.54. The van der Waals surface area contributed by atoms with Crippen molar-refractivity contribution >= 4 is 0 Å². The van der Waals surface area contributed by atoms with Crippen molar-refractivity contribution in [2.45, 2.75) is 110 Å². The SMILES string of the molecule is CCCCCCCCCCCCCCCC(C)n1cnnn1. The highest BCUT2D eigenvalue weighted by Gasteiger charge is 2.04. The van der Waals surface area contributed by atoms with Gasteiger partial charge in [0.2, 0.25) is 0 Å². The Kier molecular flexibility index (Phi) is 11.9. The first kappa shape index (κ1) is 19.1. The standard InChI is InChI=1S/C18H36N4/c1-3-4-5-6-7-8-9-10-11-12-13-14-15-16-18(2)22-17-19-20-21-22/h17-18H,3-16H2,1-2H3. The highest BCUT2D eigenvalue weighted by Crippen LogP contribution is 2.16. The van der Waals surface area contributed by atoms with Crippen LogP contribution < -0.4 is 0 Å². The number of hydrogen-bond donors (Lipinski definition) is 0. The van der Waals surface area contributed by atoms with Crippen LogP contribution in [0.15, 0.2) is 6.33 Å². The van der Waals surface area contributed by atoms with Gasteiger partial charge in [-0.1, -0.05) is 90.4 Å². The van der Waals surface area contributed by atoms with E-state index in [0.717, 1.165) is 0 Å². The minimum absolute atomic E-state index is 0.433. The molecule has 0 N–H and O–H groups in total. The first-order chi connectivity index (χ1) is 10.8. The van der Waals surface area contributed by atoms with Crippen LogP contribution in [0.3, 0.4) is 0 Å². The highest BCUT2D eigenvalue weighted by molar-refractivity contribution is 4.60. The fourth-order valence-electron chi connectivity index (χ4n) is 2.96. The van der Waals surface area contributed by atoms with Gasteiger partial charge in [-0.2, -0.15) is 0 Å². The highest BCUT2D eigenvalue weighted by atomic mass is 15.5. The number of nitrogens with zero attached hydrogens (tertiary/aromatic N) is 4. The molecule has 0 saturated heterocycles. The molecule has 4 heteroatoms. The Balaban J connectivity index is 1.76. The van der Waals surface area contributed by atoms with E-state index in [1.807, 2.05) is 4.68 Å². The van der Waals surface area contributed by atoms with Crippen molar-refractivity contribution in [2.75, 3.05) is 0 Å². The van der Waals surface area contributed by atoms with Crippen molar-refractivity contribution in [1.29, 1.82) is 0 Å². The maximum Gasteiger partial charge on any atom is 0.138 e. The van der Waals surface area contributed by atoms with Crippen molar-refractivity contribution in [2.24, 2.45) is 0 Å². The number of aromatic nitrogens is 4. The molecule has 0 radical (unpaired) electrons. The topological polar surface area (TPSA) is 43.6 Å². The molecule has 4 nitrogen and oxygen atoms in total. The minimum atomic E-state index is 0.433. The summed E-state index contributed by atoms with van der Waals surface area (Å²) in [4.78, 5) is 0. The lowest BCUT2D eigenvalue weighted by molar-refractivity contribution is 0.423. The van der Waals surface area contributed by atoms with Crippen LogP contribution in [-0.4, -0.2) is 20.2 Å². The minimum Gasteiger partial charge on any atom is -0.230 e. The van der Waals surface area contributed by atoms with E-state index in [1.165, 1.54) is 89.9 Å². The molecule has 1 unspecified atom stereocenters. The first-order valence-electron chi connectivity index (χ1n) is 9.57. The molecule has 0 aliphatic heterocycles. The monoisotopic (exact) mass is 308 g/mol. The Morgan fingerprint density at radius 1 is 0.773 bits per heavy atom. The zero-order chi connectivity index (χ0) is 15.9. The van der Waals surface area contributed by atoms with Crippen LogP contribution in [0.25, 0.3) is 0 Å². The second kappa shape index (κ2) is 13.7. The molecule has 1 aromatic rings. The second-order valence-electron chi connectivity index (χ2n) is 6.67. The first-order valence-corrected chi connectivity index (χ1v) is 9.57. The summed E-state index contributed by atoms with van der Waals surface area (Å²) >= 11 is 0. The summed E-state index contributed by atoms with van der Waals surface area (Å²) in [6, 6.07) is 0.433. The normalized spacial score (nSPS) is 12.6. The number of unbranched alkanes of at least 4 members (excludes halogenated alkanes) is 12. The van der Waals surface area contributed by atoms with Gasteiger partial charge in [-0.15, -0.1) is 5.10 Å². The van der Waals surface area contributed by atoms with Crippen molar-refractivity contribution in [3.8, 4) is 0 Å². The van der Waals surface area contributed by atoms with Gasteiger partial charge in [0.1, 0.15) is 6.33 Å². The summed E-state index contributed by atoms with van der Waals surface area (Å²) in [5, 5.41) is 11.3. The fraction of sp³-hybridized carbons (Fsp3) is 0.944. The van der Waals surface area contributed by atoms with Gasteiger partial charge >= 0.3 is 0 Å². The van der Waals surface area contributed by atoms with Gasteiger partial charge in [0.25, 0.3) is 0 Å². The Morgan fingerprint density at radius 2 is 1.27 bits per heavy atom. The average molecular weight is 309 g/mol. The molecule has 0 fully saturated rings. The van der Waals surface area contributed by atoms with Gasteiger partial charge in [-0.05, 0) is 23.8 Å². The van der Waals surface area contributed by atoms with Crippen molar-refractivity contribution in [1.82, 2.24) is 20.2 Å². The van der Waals surface area contributed by atoms with Crippen LogP contribution in [0.2, 0.25) is 0 Å². The van der Waals surface area contributed by atoms with Gasteiger partial charge in [0, 0.05) is 0 Å². The number of rotatable bonds is 15. The summed E-state index contributed by atoms with van der Waals surface area (Å²) in [6.07, 6.45) is 21.2. The molecule has 22 heavy (non-hydrogen) atoms. The van der Waals surface area contributed by atoms with Gasteiger partial charge in [0.15, 0.2) is 0 Å². The summed E-state index contributed by atoms with van der Waals surface area (Å²) < 4.78 is 1.86. The van der Waals surface area contributed by atoms with Gasteiger partial charge < -0.3 is 0 Å². The van der Waals surface area contributed by atoms with Crippen LogP contribution in [0, 0.1) is 0 Å². The third-order valence-electron chi connectivity index (χ3n) is 4.54. The smallest absolute Gasteiger partial charge is 0.138 e. The van der Waals surface area contributed by atoms with E-state index >= 15 is 0 Å². The molecule has 0 saturated carbocycles. The molecule has 0 bridgehead atoms. The van der Waals surface area contributed by atoms with E-state index in [4.69, 9.17) is 0 Å². The number of hydrogen-bond acceptors (Lipinski definition) is 3. The summed E-state index contributed by atoms with van der Waals surface area (Å²) in [5.74, 6) is 0. The lowest BCUT2D eigenvalue weighted by Crippen LogP contribution is -2.05. The molecule has 0 amide bonds. The predicted molar refractivity (Wildman–Crippen MR) is 92.8 cm³/mol. The lowest BCUT2D eigenvalue weighted by atomic mass is 10.0. The average Bonchev–Trinajstić information content (AvgIpc) is 3.06. The number of tetrazole rings is 1. The van der Waals surface area contributed by atoms with Gasteiger partial charge in [0.05, 0.1) is 6.04 Å². The molecule has 1 rings (SSSR count). The van der Waals surface area contributed by atoms with Crippen LogP contribution in [0.5, 0.6) is 0 Å². The van der Waals surface area contributed by atoms with Crippen molar-refractivity contribution in [3.05, 3.63) is 6.33 Å². The summed E-state index contributed by atoms with van der Waals surface area (Å²) in [6.45, 7) is 4.48. The molecule has 1 aromatic heterocycles. The second-order valence-corrected chi connectivity index (χ2v) is 6.67. The van der Waals surface area contributed by atoms with Crippen LogP contribution in [-0.2, 0) is 0 Å². The Morgan fingerprint density at radius 3 is 1.73 bits per heavy atom. The molecule has 1 atom stereocenters. The quantitative estimate of drug-likeness (QED) is 0.389. The maximum absolute atomic E-state index is 3.95. The van der Waals surface area contributed by atoms with Crippen molar-refractivity contribution < 1.29 is 0 Å². The fourth-order valence-corrected chi connectivity index (χ4v) is 2.96. The largest absolute Gasteiger partial charge is 0.230 e. The van der Waals surface area contributed by atoms with Gasteiger partial charge in [-0.3, -0.25) is 0 Å². The molecule has 0 aliphatic carbocycles. The molecule has 128 valence electrons. The van der Waals surface area contributed by atoms with E-state index in [2.05, 4.69) is 29.4 Å². The Bertz CT molecular complexity index is 324. The lowest BCUT2D eigenvalue weighted by Gasteiger charge is -2.09. The maximum atomic E-state index is 3.95. The third kappa shape index (κ3) is 9.91. The van der Waals surface area contributed by atoms with Crippen LogP contribution >= 0.6 is 0 Å². The molecular weight excluding hydrogens is 272 g/mol. The van der Waals surface area contributed by atoms with E-state index in [1.54, 1.807) is 6.33 Å². The van der Waals surface area contributed by atoms with E-state index in [-0.39, 0.29) is 0 Å². The molecule has 0 aliphatic rings. The predicted octanol–water partition coefficient (Wildman–Crippen LogP) is 5.72. The van der Waals surface area contributed by atoms with Crippen LogP contribution in [0.4, 0.5) is 0 Å². The Hall–Kier alpha value is -0.930. The Labute approximate surface area is 137 Å². The zero-order valence-electron chi connectivity index (χ0n) is 14.8. The molecular formula is C18H36N4. The van der Waals surface area contributed by atoms with E-state index < -0.39 is 0 Å². The summed E-state index contributed by atoms with van der Waals surface area (Å²) in [5.41, 5.74) is 0. The zero-order valence-corrected chi connectivity index (χ0v) is 14.8.